The van der Waals surface area contributed by atoms with Crippen LogP contribution in [0.3, 0.4) is 0 Å². The molecule has 2 amide bonds. The van der Waals surface area contributed by atoms with Crippen LogP contribution in [0.25, 0.3) is 6.08 Å². The third-order valence-corrected chi connectivity index (χ3v) is 3.37. The quantitative estimate of drug-likeness (QED) is 0.456. The van der Waals surface area contributed by atoms with Gasteiger partial charge in [0.1, 0.15) is 11.3 Å². The number of nitrogens with one attached hydrogen (secondary N) is 2. The van der Waals surface area contributed by atoms with Crippen LogP contribution in [-0.2, 0) is 14.3 Å². The van der Waals surface area contributed by atoms with E-state index in [1.165, 1.54) is 6.08 Å². The van der Waals surface area contributed by atoms with Gasteiger partial charge in [0.15, 0.2) is 11.0 Å². The van der Waals surface area contributed by atoms with Crippen molar-refractivity contribution in [2.24, 2.45) is 0 Å². The Bertz CT molecular complexity index is 609. The number of anilines is 1. The van der Waals surface area contributed by atoms with Crippen LogP contribution in [0.15, 0.2) is 22.1 Å². The average molecular weight is 307 g/mol. The molecule has 0 atom stereocenters. The Balaban J connectivity index is 1.79. The first kappa shape index (κ1) is 13.8. The Morgan fingerprint density at radius 1 is 1.14 bits per heavy atom. The zero-order valence-electron chi connectivity index (χ0n) is 11.0. The summed E-state index contributed by atoms with van der Waals surface area (Å²) < 4.78 is 10.9. The molecule has 0 saturated carbocycles. The third-order valence-electron chi connectivity index (χ3n) is 3.17. The summed E-state index contributed by atoms with van der Waals surface area (Å²) in [6.07, 6.45) is 1.40. The molecule has 0 unspecified atom stereocenters. The predicted octanol–water partition coefficient (Wildman–Crippen LogP) is 0.0305. The summed E-state index contributed by atoms with van der Waals surface area (Å²) in [5.74, 6) is 0.0584. The first-order chi connectivity index (χ1) is 10.1. The maximum atomic E-state index is 11.7. The molecule has 3 rings (SSSR count). The van der Waals surface area contributed by atoms with Crippen molar-refractivity contribution in [1.29, 1.82) is 0 Å². The molecule has 0 aliphatic carbocycles. The summed E-state index contributed by atoms with van der Waals surface area (Å²) in [4.78, 5) is 25.5. The fourth-order valence-electron chi connectivity index (χ4n) is 2.12. The molecule has 7 nitrogen and oxygen atoms in total. The number of morpholine rings is 1. The van der Waals surface area contributed by atoms with Crippen molar-refractivity contribution < 1.29 is 18.7 Å². The molecule has 2 aliphatic rings. The van der Waals surface area contributed by atoms with E-state index < -0.39 is 11.8 Å². The number of hydrogen-bond acceptors (Lipinski definition) is 6. The van der Waals surface area contributed by atoms with E-state index in [0.717, 1.165) is 13.1 Å². The van der Waals surface area contributed by atoms with Gasteiger partial charge in [-0.15, -0.1) is 0 Å². The van der Waals surface area contributed by atoms with Crippen molar-refractivity contribution in [3.8, 4) is 0 Å². The molecule has 2 saturated heterocycles. The molecule has 1 aromatic rings. The molecule has 0 bridgehead atoms. The van der Waals surface area contributed by atoms with Crippen molar-refractivity contribution in [2.75, 3.05) is 31.2 Å². The summed E-state index contributed by atoms with van der Waals surface area (Å²) in [6, 6.07) is 3.52. The molecule has 21 heavy (non-hydrogen) atoms. The van der Waals surface area contributed by atoms with E-state index in [9.17, 15) is 9.59 Å². The van der Waals surface area contributed by atoms with E-state index in [4.69, 9.17) is 21.4 Å². The van der Waals surface area contributed by atoms with Crippen LogP contribution < -0.4 is 15.5 Å². The number of carbonyl (C=O) groups excluding carboxylic acids is 2. The minimum Gasteiger partial charge on any atom is -0.441 e. The Labute approximate surface area is 125 Å². The van der Waals surface area contributed by atoms with Crippen LogP contribution in [0.4, 0.5) is 5.88 Å². The maximum absolute atomic E-state index is 11.7. The minimum absolute atomic E-state index is 0.00982. The largest absolute Gasteiger partial charge is 0.441 e. The van der Waals surface area contributed by atoms with Gasteiger partial charge in [0.2, 0.25) is 0 Å². The van der Waals surface area contributed by atoms with Crippen molar-refractivity contribution in [3.05, 3.63) is 23.5 Å². The van der Waals surface area contributed by atoms with Gasteiger partial charge < -0.3 is 14.1 Å². The molecule has 1 aromatic heterocycles. The van der Waals surface area contributed by atoms with Crippen molar-refractivity contribution in [1.82, 2.24) is 10.6 Å². The van der Waals surface area contributed by atoms with Gasteiger partial charge in [0.25, 0.3) is 11.8 Å². The van der Waals surface area contributed by atoms with Crippen LogP contribution in [-0.4, -0.2) is 43.2 Å². The van der Waals surface area contributed by atoms with E-state index in [1.54, 1.807) is 12.1 Å². The van der Waals surface area contributed by atoms with Crippen LogP contribution in [0.1, 0.15) is 5.76 Å². The number of ether oxygens (including phenoxy) is 1. The highest BCUT2D eigenvalue weighted by molar-refractivity contribution is 7.80. The van der Waals surface area contributed by atoms with Crippen LogP contribution in [0.5, 0.6) is 0 Å². The summed E-state index contributed by atoms with van der Waals surface area (Å²) in [5, 5.41) is 4.76. The van der Waals surface area contributed by atoms with Gasteiger partial charge in [-0.25, -0.2) is 0 Å². The van der Waals surface area contributed by atoms with E-state index in [0.29, 0.717) is 24.9 Å². The monoisotopic (exact) mass is 307 g/mol. The van der Waals surface area contributed by atoms with E-state index in [1.807, 2.05) is 4.90 Å². The number of amides is 2. The Kier molecular flexibility index (Phi) is 3.72. The zero-order chi connectivity index (χ0) is 14.8. The number of thiocarbonyl (C=S) groups is 1. The van der Waals surface area contributed by atoms with E-state index in [-0.39, 0.29) is 10.7 Å². The Hall–Kier alpha value is -2.19. The number of furan rings is 1. The predicted molar refractivity (Wildman–Crippen MR) is 78.6 cm³/mol. The van der Waals surface area contributed by atoms with E-state index in [2.05, 4.69) is 10.6 Å². The first-order valence-electron chi connectivity index (χ1n) is 6.44. The lowest BCUT2D eigenvalue weighted by atomic mass is 10.1. The number of carbonyl (C=O) groups is 2. The molecule has 0 radical (unpaired) electrons. The first-order valence-corrected chi connectivity index (χ1v) is 6.85. The third kappa shape index (κ3) is 2.96. The lowest BCUT2D eigenvalue weighted by Crippen LogP contribution is -2.51. The molecule has 2 fully saturated rings. The summed E-state index contributed by atoms with van der Waals surface area (Å²) in [6.45, 7) is 2.80. The maximum Gasteiger partial charge on any atom is 0.263 e. The van der Waals surface area contributed by atoms with Gasteiger partial charge in [-0.1, -0.05) is 0 Å². The Morgan fingerprint density at radius 2 is 1.81 bits per heavy atom. The lowest BCUT2D eigenvalue weighted by molar-refractivity contribution is -0.123. The normalized spacial score (nSPS) is 19.3. The van der Waals surface area contributed by atoms with Crippen molar-refractivity contribution >= 4 is 41.1 Å². The van der Waals surface area contributed by atoms with Crippen LogP contribution >= 0.6 is 12.2 Å². The number of rotatable bonds is 2. The highest BCUT2D eigenvalue weighted by atomic mass is 32.1. The highest BCUT2D eigenvalue weighted by Gasteiger charge is 2.26. The molecule has 0 aromatic carbocycles. The molecular weight excluding hydrogens is 294 g/mol. The molecule has 0 spiro atoms. The SMILES string of the molecule is O=C1NC(=S)NC(=O)C1=Cc1ccc(N2CCOCC2)o1. The van der Waals surface area contributed by atoms with Crippen LogP contribution in [0.2, 0.25) is 0 Å². The molecule has 3 heterocycles. The van der Waals surface area contributed by atoms with Crippen molar-refractivity contribution in [2.45, 2.75) is 0 Å². The van der Waals surface area contributed by atoms with Gasteiger partial charge in [-0.05, 0) is 24.4 Å². The van der Waals surface area contributed by atoms with Gasteiger partial charge in [-0.2, -0.15) is 0 Å². The molecule has 2 N–H and O–H groups in total. The minimum atomic E-state index is -0.534. The summed E-state index contributed by atoms with van der Waals surface area (Å²) >= 11 is 4.73. The topological polar surface area (TPSA) is 83.8 Å². The van der Waals surface area contributed by atoms with E-state index >= 15 is 0 Å². The summed E-state index contributed by atoms with van der Waals surface area (Å²) in [5.41, 5.74) is -0.0357. The van der Waals surface area contributed by atoms with Crippen LogP contribution in [0, 0.1) is 0 Å². The van der Waals surface area contributed by atoms with Gasteiger partial charge in [-0.3, -0.25) is 20.2 Å². The van der Waals surface area contributed by atoms with Gasteiger partial charge >= 0.3 is 0 Å². The van der Waals surface area contributed by atoms with Crippen molar-refractivity contribution in [3.63, 3.8) is 0 Å². The molecule has 110 valence electrons. The zero-order valence-corrected chi connectivity index (χ0v) is 11.9. The fourth-order valence-corrected chi connectivity index (χ4v) is 2.31. The number of hydrogen-bond donors (Lipinski definition) is 2. The van der Waals surface area contributed by atoms with Gasteiger partial charge in [0, 0.05) is 19.2 Å². The lowest BCUT2D eigenvalue weighted by Gasteiger charge is -2.26. The highest BCUT2D eigenvalue weighted by Crippen LogP contribution is 2.21. The summed E-state index contributed by atoms with van der Waals surface area (Å²) in [7, 11) is 0. The number of nitrogens with zero attached hydrogens (tertiary/aromatic N) is 1. The molecule has 2 aliphatic heterocycles. The second-order valence-corrected chi connectivity index (χ2v) is 4.98. The smallest absolute Gasteiger partial charge is 0.263 e. The second-order valence-electron chi connectivity index (χ2n) is 4.57. The fraction of sp³-hybridized carbons (Fsp3) is 0.308. The Morgan fingerprint density at radius 3 is 2.48 bits per heavy atom. The average Bonchev–Trinajstić information content (AvgIpc) is 2.92. The molecular formula is C13H13N3O4S. The second kappa shape index (κ2) is 5.66. The standard InChI is InChI=1S/C13H13N3O4S/c17-11-9(12(18)15-13(21)14-11)7-8-1-2-10(20-8)16-3-5-19-6-4-16/h1-2,7H,3-6H2,(H2,14,15,17,18,21). The van der Waals surface area contributed by atoms with Gasteiger partial charge in [0.05, 0.1) is 13.2 Å². The molecule has 8 heteroatoms.